The molecule has 0 atom stereocenters. The Bertz CT molecular complexity index is 933. The van der Waals surface area contributed by atoms with Crippen molar-refractivity contribution in [1.82, 2.24) is 0 Å². The maximum atomic E-state index is 14.6. The van der Waals surface area contributed by atoms with Crippen LogP contribution in [0.2, 0.25) is 0 Å². The van der Waals surface area contributed by atoms with Crippen LogP contribution in [-0.4, -0.2) is 6.29 Å². The lowest BCUT2D eigenvalue weighted by atomic mass is 9.68. The summed E-state index contributed by atoms with van der Waals surface area (Å²) >= 11 is 0. The Morgan fingerprint density at radius 1 is 0.593 bits per heavy atom. The lowest BCUT2D eigenvalue weighted by molar-refractivity contribution is -0.138. The minimum atomic E-state index is -4.82. The highest BCUT2D eigenvalue weighted by Gasteiger charge is 2.46. The first-order valence-corrected chi connectivity index (χ1v) is 7.95. The first kappa shape index (κ1) is 18.8. The second kappa shape index (κ2) is 6.95. The molecule has 0 fully saturated rings. The van der Waals surface area contributed by atoms with E-state index in [1.54, 1.807) is 0 Å². The number of aldehydes is 1. The molecule has 0 aliphatic rings. The molecule has 0 amide bonds. The van der Waals surface area contributed by atoms with Gasteiger partial charge in [0, 0.05) is 11.1 Å². The third-order valence-corrected chi connectivity index (χ3v) is 4.43. The second-order valence-electron chi connectivity index (χ2n) is 5.93. The van der Waals surface area contributed by atoms with Crippen LogP contribution in [-0.2, 0) is 16.4 Å². The lowest BCUT2D eigenvalue weighted by Crippen LogP contribution is -2.35. The van der Waals surface area contributed by atoms with Crippen molar-refractivity contribution >= 4 is 6.29 Å². The van der Waals surface area contributed by atoms with Crippen LogP contribution >= 0.6 is 0 Å². The number of benzene rings is 3. The maximum Gasteiger partial charge on any atom is 0.416 e. The molecular formula is C21H13F5O. The van der Waals surface area contributed by atoms with Crippen LogP contribution in [0.1, 0.15) is 22.3 Å². The quantitative estimate of drug-likeness (QED) is 0.333. The van der Waals surface area contributed by atoms with Gasteiger partial charge in [0.1, 0.15) is 23.3 Å². The van der Waals surface area contributed by atoms with Gasteiger partial charge in [-0.05, 0) is 23.8 Å². The van der Waals surface area contributed by atoms with E-state index in [-0.39, 0.29) is 17.4 Å². The number of halogens is 5. The number of hydrogen-bond donors (Lipinski definition) is 0. The first-order valence-electron chi connectivity index (χ1n) is 7.95. The predicted octanol–water partition coefficient (Wildman–Crippen LogP) is 5.52. The van der Waals surface area contributed by atoms with Gasteiger partial charge < -0.3 is 4.79 Å². The van der Waals surface area contributed by atoms with Gasteiger partial charge in [-0.2, -0.15) is 13.2 Å². The van der Waals surface area contributed by atoms with Gasteiger partial charge in [0.2, 0.25) is 0 Å². The Balaban J connectivity index is 2.50. The molecule has 0 unspecified atom stereocenters. The highest BCUT2D eigenvalue weighted by molar-refractivity contribution is 5.82. The van der Waals surface area contributed by atoms with Crippen molar-refractivity contribution in [2.24, 2.45) is 0 Å². The molecule has 0 N–H and O–H groups in total. The van der Waals surface area contributed by atoms with E-state index >= 15 is 0 Å². The van der Waals surface area contributed by atoms with Crippen LogP contribution in [0.3, 0.4) is 0 Å². The number of rotatable bonds is 4. The zero-order chi connectivity index (χ0) is 19.7. The van der Waals surface area contributed by atoms with Crippen molar-refractivity contribution in [3.05, 3.63) is 107 Å². The van der Waals surface area contributed by atoms with Crippen LogP contribution in [0.25, 0.3) is 0 Å². The minimum Gasteiger partial charge on any atom is -0.302 e. The summed E-state index contributed by atoms with van der Waals surface area (Å²) in [5.74, 6) is -1.82. The fourth-order valence-corrected chi connectivity index (χ4v) is 3.26. The fraction of sp³-hybridized carbons (Fsp3) is 0.0952. The summed E-state index contributed by atoms with van der Waals surface area (Å²) in [4.78, 5) is 12.3. The molecular weight excluding hydrogens is 363 g/mol. The van der Waals surface area contributed by atoms with Gasteiger partial charge in [-0.15, -0.1) is 0 Å². The van der Waals surface area contributed by atoms with E-state index in [0.29, 0.717) is 0 Å². The summed E-state index contributed by atoms with van der Waals surface area (Å²) < 4.78 is 70.2. The largest absolute Gasteiger partial charge is 0.416 e. The zero-order valence-electron chi connectivity index (χ0n) is 13.8. The molecule has 0 heterocycles. The first-order chi connectivity index (χ1) is 12.8. The smallest absolute Gasteiger partial charge is 0.302 e. The molecule has 0 aliphatic heterocycles. The monoisotopic (exact) mass is 376 g/mol. The molecule has 0 bridgehead atoms. The fourth-order valence-electron chi connectivity index (χ4n) is 3.26. The number of alkyl halides is 3. The molecule has 3 aromatic rings. The van der Waals surface area contributed by atoms with Crippen molar-refractivity contribution in [3.63, 3.8) is 0 Å². The molecule has 0 aromatic heterocycles. The van der Waals surface area contributed by atoms with Gasteiger partial charge in [0.15, 0.2) is 0 Å². The molecule has 0 aliphatic carbocycles. The van der Waals surface area contributed by atoms with E-state index in [0.717, 1.165) is 30.3 Å². The van der Waals surface area contributed by atoms with Crippen molar-refractivity contribution in [3.8, 4) is 0 Å². The predicted molar refractivity (Wildman–Crippen MR) is 90.2 cm³/mol. The molecule has 0 saturated heterocycles. The second-order valence-corrected chi connectivity index (χ2v) is 5.93. The SMILES string of the molecule is O=CC(c1ccccc1F)(c1ccccc1F)c1ccccc1C(F)(F)F. The third kappa shape index (κ3) is 3.12. The Kier molecular flexibility index (Phi) is 4.83. The molecule has 3 aromatic carbocycles. The minimum absolute atomic E-state index is 0.161. The van der Waals surface area contributed by atoms with Crippen molar-refractivity contribution in [1.29, 1.82) is 0 Å². The molecule has 0 saturated carbocycles. The molecule has 0 radical (unpaired) electrons. The van der Waals surface area contributed by atoms with Gasteiger partial charge in [-0.3, -0.25) is 0 Å². The molecule has 138 valence electrons. The molecule has 1 nitrogen and oxygen atoms in total. The van der Waals surface area contributed by atoms with E-state index in [2.05, 4.69) is 0 Å². The summed E-state index contributed by atoms with van der Waals surface area (Å²) in [5.41, 5.74) is -4.70. The van der Waals surface area contributed by atoms with Gasteiger partial charge in [-0.25, -0.2) is 8.78 Å². The van der Waals surface area contributed by atoms with E-state index in [1.165, 1.54) is 42.5 Å². The topological polar surface area (TPSA) is 17.1 Å². The maximum absolute atomic E-state index is 14.6. The Labute approximate surface area is 152 Å². The average molecular weight is 376 g/mol. The number of carbonyl (C=O) groups is 1. The van der Waals surface area contributed by atoms with Gasteiger partial charge in [-0.1, -0.05) is 54.6 Å². The van der Waals surface area contributed by atoms with Crippen LogP contribution in [0.5, 0.6) is 0 Å². The Hall–Kier alpha value is -3.02. The Morgan fingerprint density at radius 3 is 1.33 bits per heavy atom. The lowest BCUT2D eigenvalue weighted by Gasteiger charge is -2.32. The van der Waals surface area contributed by atoms with Crippen molar-refractivity contribution in [2.75, 3.05) is 0 Å². The average Bonchev–Trinajstić information content (AvgIpc) is 2.65. The van der Waals surface area contributed by atoms with Crippen LogP contribution in [0, 0.1) is 11.6 Å². The van der Waals surface area contributed by atoms with E-state index in [9.17, 15) is 26.7 Å². The summed E-state index contributed by atoms with van der Waals surface area (Å²) in [7, 11) is 0. The summed E-state index contributed by atoms with van der Waals surface area (Å²) in [6, 6.07) is 14.2. The summed E-state index contributed by atoms with van der Waals surface area (Å²) in [6.07, 6.45) is -4.66. The summed E-state index contributed by atoms with van der Waals surface area (Å²) in [6.45, 7) is 0. The molecule has 0 spiro atoms. The van der Waals surface area contributed by atoms with Crippen molar-refractivity contribution < 1.29 is 26.7 Å². The highest BCUT2D eigenvalue weighted by atomic mass is 19.4. The molecule has 3 rings (SSSR count). The standard InChI is InChI=1S/C21H13F5O/c22-18-11-5-3-9-16(18)20(13-27,17-10-4-6-12-19(17)23)14-7-1-2-8-15(14)21(24,25)26/h1-13H. The van der Waals surface area contributed by atoms with Gasteiger partial charge in [0.05, 0.1) is 5.56 Å². The zero-order valence-corrected chi connectivity index (χ0v) is 13.8. The van der Waals surface area contributed by atoms with Crippen LogP contribution < -0.4 is 0 Å². The number of hydrogen-bond acceptors (Lipinski definition) is 1. The number of carbonyl (C=O) groups excluding carboxylic acids is 1. The van der Waals surface area contributed by atoms with Crippen molar-refractivity contribution in [2.45, 2.75) is 11.6 Å². The van der Waals surface area contributed by atoms with Crippen LogP contribution in [0.15, 0.2) is 72.8 Å². The van der Waals surface area contributed by atoms with E-state index < -0.39 is 34.4 Å². The molecule has 27 heavy (non-hydrogen) atoms. The van der Waals surface area contributed by atoms with Gasteiger partial charge in [0.25, 0.3) is 0 Å². The highest BCUT2D eigenvalue weighted by Crippen LogP contribution is 2.45. The van der Waals surface area contributed by atoms with Crippen LogP contribution in [0.4, 0.5) is 22.0 Å². The normalized spacial score (nSPS) is 12.0. The molecule has 6 heteroatoms. The van der Waals surface area contributed by atoms with E-state index in [4.69, 9.17) is 0 Å². The third-order valence-electron chi connectivity index (χ3n) is 4.43. The summed E-state index contributed by atoms with van der Waals surface area (Å²) in [5, 5.41) is 0. The van der Waals surface area contributed by atoms with Gasteiger partial charge >= 0.3 is 6.18 Å². The Morgan fingerprint density at radius 2 is 0.963 bits per heavy atom. The van der Waals surface area contributed by atoms with E-state index in [1.807, 2.05) is 0 Å².